The molecule has 1 aromatic heterocycles. The summed E-state index contributed by atoms with van der Waals surface area (Å²) in [6, 6.07) is 30.5. The Morgan fingerprint density at radius 1 is 0.711 bits per heavy atom. The van der Waals surface area contributed by atoms with Crippen LogP contribution in [0.15, 0.2) is 107 Å². The molecule has 1 fully saturated rings. The van der Waals surface area contributed by atoms with Crippen molar-refractivity contribution in [3.05, 3.63) is 130 Å². The zero-order chi connectivity index (χ0) is 30.7. The minimum Gasteiger partial charge on any atom is -0.368 e. The van der Waals surface area contributed by atoms with Gasteiger partial charge in [0.1, 0.15) is 5.82 Å². The molecular weight excluding hydrogens is 608 g/mol. The third kappa shape index (κ3) is 4.76. The van der Waals surface area contributed by atoms with Gasteiger partial charge in [0.05, 0.1) is 38.8 Å². The maximum atomic E-state index is 13.6. The highest BCUT2D eigenvalue weighted by molar-refractivity contribution is 6.48. The molecule has 0 amide bonds. The van der Waals surface area contributed by atoms with Crippen molar-refractivity contribution in [1.82, 2.24) is 14.7 Å². The average molecular weight is 637 g/mol. The van der Waals surface area contributed by atoms with Crippen LogP contribution in [0.5, 0.6) is 0 Å². The summed E-state index contributed by atoms with van der Waals surface area (Å²) in [6.07, 6.45) is 0. The minimum absolute atomic E-state index is 0.233. The number of hydrogen-bond acceptors (Lipinski definition) is 6. The van der Waals surface area contributed by atoms with E-state index in [9.17, 15) is 4.39 Å². The van der Waals surface area contributed by atoms with Gasteiger partial charge in [0.2, 0.25) is 0 Å². The monoisotopic (exact) mass is 635 g/mol. The van der Waals surface area contributed by atoms with Gasteiger partial charge in [-0.15, -0.1) is 0 Å². The number of hydrogen-bond donors (Lipinski definition) is 0. The molecule has 0 unspecified atom stereocenters. The maximum Gasteiger partial charge on any atom is 0.179 e. The lowest BCUT2D eigenvalue weighted by Gasteiger charge is -2.44. The fraction of sp³-hybridized carbons (Fsp3) is 0.171. The van der Waals surface area contributed by atoms with E-state index in [1.54, 1.807) is 0 Å². The Hall–Kier alpha value is -4.66. The Morgan fingerprint density at radius 3 is 2.18 bits per heavy atom. The van der Waals surface area contributed by atoms with Crippen molar-refractivity contribution in [2.24, 2.45) is 9.98 Å². The number of para-hydroxylation sites is 3. The van der Waals surface area contributed by atoms with Crippen molar-refractivity contribution in [2.45, 2.75) is 13.0 Å². The zero-order valence-electron chi connectivity index (χ0n) is 24.4. The van der Waals surface area contributed by atoms with Gasteiger partial charge in [-0.3, -0.25) is 0 Å². The number of aliphatic imine (C=N–C) groups is 2. The topological polar surface area (TPSA) is 52.3 Å². The van der Waals surface area contributed by atoms with E-state index in [0.717, 1.165) is 83.2 Å². The molecule has 0 aliphatic carbocycles. The van der Waals surface area contributed by atoms with Crippen LogP contribution in [0, 0.1) is 12.7 Å². The predicted molar refractivity (Wildman–Crippen MR) is 180 cm³/mol. The number of anilines is 2. The summed E-state index contributed by atoms with van der Waals surface area (Å²) < 4.78 is 15.5. The second-order valence-electron chi connectivity index (χ2n) is 11.3. The van der Waals surface area contributed by atoms with Crippen LogP contribution in [0.2, 0.25) is 10.0 Å². The number of amidine groups is 2. The molecule has 0 bridgehead atoms. The van der Waals surface area contributed by atoms with Crippen molar-refractivity contribution < 1.29 is 4.39 Å². The molecule has 8 rings (SSSR count). The molecule has 0 radical (unpaired) electrons. The Balaban J connectivity index is 1.28. The SMILES string of the molecule is Cc1nn(-c2ccccc2)c2c1[C@H](c1ccc(Cl)c(Cl)c1)N1C(=N2)C(N2CCN(c3ccc(F)cc3)CC2)=Nc2ccccc21. The van der Waals surface area contributed by atoms with Crippen molar-refractivity contribution in [3.63, 3.8) is 0 Å². The van der Waals surface area contributed by atoms with Crippen LogP contribution in [-0.2, 0) is 0 Å². The average Bonchev–Trinajstić information content (AvgIpc) is 3.41. The first kappa shape index (κ1) is 27.9. The van der Waals surface area contributed by atoms with Crippen LogP contribution in [0.1, 0.15) is 22.9 Å². The minimum atomic E-state index is -0.285. The predicted octanol–water partition coefficient (Wildman–Crippen LogP) is 8.13. The molecule has 3 aliphatic heterocycles. The van der Waals surface area contributed by atoms with Crippen LogP contribution in [-0.4, -0.2) is 52.5 Å². The summed E-state index contributed by atoms with van der Waals surface area (Å²) in [7, 11) is 0. The lowest BCUT2D eigenvalue weighted by Crippen LogP contribution is -2.55. The number of fused-ring (bicyclic) bond motifs is 4. The summed E-state index contributed by atoms with van der Waals surface area (Å²) in [5.41, 5.74) is 6.61. The van der Waals surface area contributed by atoms with Gasteiger partial charge < -0.3 is 14.7 Å². The van der Waals surface area contributed by atoms with E-state index in [4.69, 9.17) is 38.3 Å². The molecule has 0 spiro atoms. The number of rotatable bonds is 3. The molecular formula is C35H28Cl2FN7. The first-order valence-corrected chi connectivity index (χ1v) is 15.6. The molecule has 4 heterocycles. The summed E-state index contributed by atoms with van der Waals surface area (Å²) in [5.74, 6) is 2.09. The van der Waals surface area contributed by atoms with Crippen LogP contribution in [0.25, 0.3) is 5.69 Å². The molecule has 4 aromatic carbocycles. The highest BCUT2D eigenvalue weighted by Crippen LogP contribution is 2.49. The Morgan fingerprint density at radius 2 is 1.42 bits per heavy atom. The third-order valence-electron chi connectivity index (χ3n) is 8.65. The van der Waals surface area contributed by atoms with Crippen LogP contribution < -0.4 is 9.80 Å². The van der Waals surface area contributed by atoms with Gasteiger partial charge in [-0.05, 0) is 73.2 Å². The van der Waals surface area contributed by atoms with Gasteiger partial charge in [-0.2, -0.15) is 5.10 Å². The molecule has 5 aromatic rings. The van der Waals surface area contributed by atoms with E-state index in [2.05, 4.69) is 20.8 Å². The Kier molecular flexibility index (Phi) is 6.84. The highest BCUT2D eigenvalue weighted by atomic mass is 35.5. The summed E-state index contributed by atoms with van der Waals surface area (Å²) in [5, 5.41) is 6.01. The van der Waals surface area contributed by atoms with E-state index in [1.807, 2.05) is 90.5 Å². The van der Waals surface area contributed by atoms with Crippen LogP contribution in [0.4, 0.5) is 27.3 Å². The lowest BCUT2D eigenvalue weighted by molar-refractivity contribution is 0.389. The number of nitrogens with zero attached hydrogens (tertiary/aromatic N) is 7. The molecule has 45 heavy (non-hydrogen) atoms. The van der Waals surface area contributed by atoms with Gasteiger partial charge in [0.15, 0.2) is 17.5 Å². The van der Waals surface area contributed by atoms with Crippen LogP contribution in [0.3, 0.4) is 0 Å². The molecule has 1 saturated heterocycles. The summed E-state index contributed by atoms with van der Waals surface area (Å²) in [4.78, 5) is 17.5. The highest BCUT2D eigenvalue weighted by Gasteiger charge is 2.43. The fourth-order valence-corrected chi connectivity index (χ4v) is 6.79. The lowest BCUT2D eigenvalue weighted by atomic mass is 9.93. The summed E-state index contributed by atoms with van der Waals surface area (Å²) >= 11 is 13.0. The summed E-state index contributed by atoms with van der Waals surface area (Å²) in [6.45, 7) is 5.02. The smallest absolute Gasteiger partial charge is 0.179 e. The molecule has 3 aliphatic rings. The fourth-order valence-electron chi connectivity index (χ4n) is 6.49. The number of aryl methyl sites for hydroxylation is 1. The molecule has 10 heteroatoms. The molecule has 0 N–H and O–H groups in total. The van der Waals surface area contributed by atoms with Gasteiger partial charge >= 0.3 is 0 Å². The first-order chi connectivity index (χ1) is 22.0. The standard InChI is InChI=1S/C35H28Cl2FN7/c1-22-31-32(23-11-16-27(36)28(37)21-23)44-30-10-6-5-9-29(30)39-34(35(44)40-33(31)45(41-22)26-7-3-2-4-8-26)43-19-17-42(18-20-43)25-14-12-24(38)13-15-25/h2-16,21,32H,17-20H2,1H3/t32-/m0/s1. The van der Waals surface area contributed by atoms with Gasteiger partial charge in [-0.1, -0.05) is 59.6 Å². The largest absolute Gasteiger partial charge is 0.368 e. The molecule has 0 saturated carbocycles. The van der Waals surface area contributed by atoms with E-state index in [-0.39, 0.29) is 11.9 Å². The Bertz CT molecular complexity index is 1980. The Labute approximate surface area is 270 Å². The van der Waals surface area contributed by atoms with Crippen molar-refractivity contribution >= 4 is 57.8 Å². The molecule has 224 valence electrons. The van der Waals surface area contributed by atoms with Crippen LogP contribution >= 0.6 is 23.2 Å². The van der Waals surface area contributed by atoms with E-state index >= 15 is 0 Å². The number of piperazine rings is 1. The molecule has 7 nitrogen and oxygen atoms in total. The van der Waals surface area contributed by atoms with Crippen molar-refractivity contribution in [1.29, 1.82) is 0 Å². The number of aromatic nitrogens is 2. The quantitative estimate of drug-likeness (QED) is 0.201. The van der Waals surface area contributed by atoms with Gasteiger partial charge in [0, 0.05) is 37.4 Å². The number of benzene rings is 4. The van der Waals surface area contributed by atoms with Gasteiger partial charge in [-0.25, -0.2) is 19.1 Å². The second kappa shape index (κ2) is 11.1. The third-order valence-corrected chi connectivity index (χ3v) is 9.39. The second-order valence-corrected chi connectivity index (χ2v) is 12.1. The normalized spacial score (nSPS) is 17.3. The van der Waals surface area contributed by atoms with E-state index < -0.39 is 0 Å². The number of halogens is 3. The van der Waals surface area contributed by atoms with Gasteiger partial charge in [0.25, 0.3) is 0 Å². The first-order valence-electron chi connectivity index (χ1n) is 14.9. The van der Waals surface area contributed by atoms with E-state index in [0.29, 0.717) is 10.0 Å². The molecule has 1 atom stereocenters. The van der Waals surface area contributed by atoms with Crippen molar-refractivity contribution in [3.8, 4) is 5.69 Å². The maximum absolute atomic E-state index is 13.6. The van der Waals surface area contributed by atoms with Crippen molar-refractivity contribution in [2.75, 3.05) is 36.0 Å². The van der Waals surface area contributed by atoms with E-state index in [1.165, 1.54) is 12.1 Å². The zero-order valence-corrected chi connectivity index (χ0v) is 25.9.